The number of hydrogen-bond acceptors (Lipinski definition) is 6. The van der Waals surface area contributed by atoms with Gasteiger partial charge in [0.05, 0.1) is 22.6 Å². The SMILES string of the molecule is NC1=CN(c2cnccc2N2CCCC(N)C2)[C@H](c2ccc(Cl)cc2)S1. The number of anilines is 2. The van der Waals surface area contributed by atoms with E-state index < -0.39 is 0 Å². The quantitative estimate of drug-likeness (QED) is 0.837. The van der Waals surface area contributed by atoms with Crippen molar-refractivity contribution in [2.45, 2.75) is 24.3 Å². The molecule has 1 aromatic carbocycles. The molecule has 136 valence electrons. The number of thioether (sulfide) groups is 1. The topological polar surface area (TPSA) is 71.4 Å². The first-order valence-corrected chi connectivity index (χ1v) is 10.00. The largest absolute Gasteiger partial charge is 0.392 e. The van der Waals surface area contributed by atoms with E-state index in [1.165, 1.54) is 0 Å². The molecule has 2 aliphatic heterocycles. The van der Waals surface area contributed by atoms with Gasteiger partial charge in [-0.15, -0.1) is 0 Å². The zero-order valence-electron chi connectivity index (χ0n) is 14.4. The smallest absolute Gasteiger partial charge is 0.111 e. The van der Waals surface area contributed by atoms with Crippen molar-refractivity contribution in [3.63, 3.8) is 0 Å². The van der Waals surface area contributed by atoms with Crippen molar-refractivity contribution in [2.75, 3.05) is 22.9 Å². The molecule has 1 fully saturated rings. The molecular formula is C19H22ClN5S. The van der Waals surface area contributed by atoms with Crippen LogP contribution in [0.1, 0.15) is 23.8 Å². The number of benzene rings is 1. The zero-order chi connectivity index (χ0) is 18.1. The fraction of sp³-hybridized carbons (Fsp3) is 0.316. The maximum absolute atomic E-state index is 6.20. The van der Waals surface area contributed by atoms with Crippen LogP contribution in [0, 0.1) is 0 Å². The minimum absolute atomic E-state index is 0.0636. The lowest BCUT2D eigenvalue weighted by atomic mass is 10.1. The zero-order valence-corrected chi connectivity index (χ0v) is 16.0. The van der Waals surface area contributed by atoms with Crippen LogP contribution in [0.5, 0.6) is 0 Å². The Morgan fingerprint density at radius 3 is 2.73 bits per heavy atom. The highest BCUT2D eigenvalue weighted by Crippen LogP contribution is 2.47. The van der Waals surface area contributed by atoms with Gasteiger partial charge in [0.15, 0.2) is 0 Å². The molecule has 5 nitrogen and oxygen atoms in total. The minimum Gasteiger partial charge on any atom is -0.392 e. The molecule has 26 heavy (non-hydrogen) atoms. The van der Waals surface area contributed by atoms with E-state index in [-0.39, 0.29) is 11.4 Å². The van der Waals surface area contributed by atoms with Crippen LogP contribution in [-0.2, 0) is 0 Å². The van der Waals surface area contributed by atoms with E-state index in [0.717, 1.165) is 52.9 Å². The molecular weight excluding hydrogens is 366 g/mol. The van der Waals surface area contributed by atoms with Crippen molar-refractivity contribution in [2.24, 2.45) is 11.5 Å². The molecule has 0 aliphatic carbocycles. The van der Waals surface area contributed by atoms with E-state index in [9.17, 15) is 0 Å². The van der Waals surface area contributed by atoms with E-state index in [0.29, 0.717) is 0 Å². The highest BCUT2D eigenvalue weighted by Gasteiger charge is 2.30. The van der Waals surface area contributed by atoms with Gasteiger partial charge < -0.3 is 21.3 Å². The highest BCUT2D eigenvalue weighted by atomic mass is 35.5. The predicted molar refractivity (Wildman–Crippen MR) is 110 cm³/mol. The Balaban J connectivity index is 1.70. The van der Waals surface area contributed by atoms with Crippen molar-refractivity contribution in [1.29, 1.82) is 0 Å². The van der Waals surface area contributed by atoms with Crippen LogP contribution in [0.15, 0.2) is 54.0 Å². The van der Waals surface area contributed by atoms with Gasteiger partial charge in [0.1, 0.15) is 5.37 Å². The van der Waals surface area contributed by atoms with E-state index in [4.69, 9.17) is 23.1 Å². The van der Waals surface area contributed by atoms with Gasteiger partial charge in [-0.1, -0.05) is 35.5 Å². The molecule has 2 aromatic rings. The molecule has 0 bridgehead atoms. The maximum Gasteiger partial charge on any atom is 0.111 e. The van der Waals surface area contributed by atoms with Crippen LogP contribution >= 0.6 is 23.4 Å². The van der Waals surface area contributed by atoms with Crippen molar-refractivity contribution in [3.8, 4) is 0 Å². The molecule has 2 aliphatic rings. The number of nitrogens with zero attached hydrogens (tertiary/aromatic N) is 3. The second-order valence-corrected chi connectivity index (χ2v) is 8.26. The molecule has 0 saturated carbocycles. The molecule has 1 aromatic heterocycles. The molecule has 1 saturated heterocycles. The average molecular weight is 388 g/mol. The lowest BCUT2D eigenvalue weighted by molar-refractivity contribution is 0.506. The number of piperidine rings is 1. The van der Waals surface area contributed by atoms with Gasteiger partial charge in [0, 0.05) is 36.6 Å². The molecule has 4 N–H and O–H groups in total. The fourth-order valence-corrected chi connectivity index (χ4v) is 4.69. The van der Waals surface area contributed by atoms with Crippen molar-refractivity contribution < 1.29 is 0 Å². The second kappa shape index (κ2) is 7.39. The Morgan fingerprint density at radius 1 is 1.15 bits per heavy atom. The van der Waals surface area contributed by atoms with Gasteiger partial charge in [-0.2, -0.15) is 0 Å². The molecule has 2 atom stereocenters. The number of aromatic nitrogens is 1. The summed E-state index contributed by atoms with van der Waals surface area (Å²) >= 11 is 7.69. The summed E-state index contributed by atoms with van der Waals surface area (Å²) in [7, 11) is 0. The van der Waals surface area contributed by atoms with Crippen molar-refractivity contribution >= 4 is 34.7 Å². The summed E-state index contributed by atoms with van der Waals surface area (Å²) in [4.78, 5) is 8.93. The highest BCUT2D eigenvalue weighted by molar-refractivity contribution is 8.03. The molecule has 0 amide bonds. The van der Waals surface area contributed by atoms with Crippen molar-refractivity contribution in [3.05, 3.63) is 64.5 Å². The Kier molecular flexibility index (Phi) is 4.98. The van der Waals surface area contributed by atoms with Crippen LogP contribution < -0.4 is 21.3 Å². The summed E-state index contributed by atoms with van der Waals surface area (Å²) < 4.78 is 0. The first-order chi connectivity index (χ1) is 12.6. The van der Waals surface area contributed by atoms with Crippen LogP contribution in [0.3, 0.4) is 0 Å². The van der Waals surface area contributed by atoms with Crippen LogP contribution in [0.4, 0.5) is 11.4 Å². The fourth-order valence-electron chi connectivity index (χ4n) is 3.55. The monoisotopic (exact) mass is 387 g/mol. The normalized spacial score (nSPS) is 23.2. The van der Waals surface area contributed by atoms with Gasteiger partial charge in [-0.25, -0.2) is 0 Å². The number of pyridine rings is 1. The first kappa shape index (κ1) is 17.5. The maximum atomic E-state index is 6.20. The number of halogens is 1. The van der Waals surface area contributed by atoms with Crippen LogP contribution in [-0.4, -0.2) is 24.1 Å². The van der Waals surface area contributed by atoms with E-state index in [2.05, 4.69) is 20.9 Å². The molecule has 1 unspecified atom stereocenters. The third-order valence-electron chi connectivity index (χ3n) is 4.78. The molecule has 3 heterocycles. The number of hydrogen-bond donors (Lipinski definition) is 2. The third kappa shape index (κ3) is 3.49. The third-order valence-corrected chi connectivity index (χ3v) is 6.13. The van der Waals surface area contributed by atoms with Gasteiger partial charge in [0.2, 0.25) is 0 Å². The molecule has 0 radical (unpaired) electrons. The van der Waals surface area contributed by atoms with Gasteiger partial charge in [0.25, 0.3) is 0 Å². The van der Waals surface area contributed by atoms with Gasteiger partial charge in [-0.3, -0.25) is 4.98 Å². The number of rotatable bonds is 3. The molecule has 7 heteroatoms. The lowest BCUT2D eigenvalue weighted by Crippen LogP contribution is -2.43. The van der Waals surface area contributed by atoms with Gasteiger partial charge in [-0.05, 0) is 36.6 Å². The van der Waals surface area contributed by atoms with E-state index in [1.807, 2.05) is 42.9 Å². The van der Waals surface area contributed by atoms with E-state index in [1.54, 1.807) is 11.8 Å². The molecule has 4 rings (SSSR count). The Hall–Kier alpha value is -1.89. The Bertz CT molecular complexity index is 810. The van der Waals surface area contributed by atoms with Crippen LogP contribution in [0.25, 0.3) is 0 Å². The standard InChI is InChI=1S/C19H22ClN5S/c20-14-5-3-13(4-6-14)19-25(12-18(22)26-19)17-10-23-8-7-16(17)24-9-1-2-15(21)11-24/h3-8,10,12,15,19H,1-2,9,11,21-22H2/t15?,19-/m0/s1. The Morgan fingerprint density at radius 2 is 1.96 bits per heavy atom. The summed E-state index contributed by atoms with van der Waals surface area (Å²) in [5.74, 6) is 0. The molecule has 0 spiro atoms. The predicted octanol–water partition coefficient (Wildman–Crippen LogP) is 3.67. The van der Waals surface area contributed by atoms with Gasteiger partial charge >= 0.3 is 0 Å². The summed E-state index contributed by atoms with van der Waals surface area (Å²) in [5.41, 5.74) is 15.7. The van der Waals surface area contributed by atoms with Crippen molar-refractivity contribution in [1.82, 2.24) is 4.98 Å². The summed E-state index contributed by atoms with van der Waals surface area (Å²) in [5, 5.41) is 1.58. The van der Waals surface area contributed by atoms with Crippen LogP contribution in [0.2, 0.25) is 5.02 Å². The second-order valence-electron chi connectivity index (χ2n) is 6.67. The summed E-state index contributed by atoms with van der Waals surface area (Å²) in [6.45, 7) is 1.87. The Labute approximate surface area is 163 Å². The summed E-state index contributed by atoms with van der Waals surface area (Å²) in [6, 6.07) is 10.2. The van der Waals surface area contributed by atoms with E-state index >= 15 is 0 Å². The summed E-state index contributed by atoms with van der Waals surface area (Å²) in [6.07, 6.45) is 7.93. The average Bonchev–Trinajstić information content (AvgIpc) is 3.04. The minimum atomic E-state index is 0.0636. The lowest BCUT2D eigenvalue weighted by Gasteiger charge is -2.36. The number of nitrogens with two attached hydrogens (primary N) is 2. The first-order valence-electron chi connectivity index (χ1n) is 8.74.